The van der Waals surface area contributed by atoms with E-state index in [0.717, 1.165) is 60.0 Å². The number of para-hydroxylation sites is 2. The zero-order valence-electron chi connectivity index (χ0n) is 22.2. The van der Waals surface area contributed by atoms with E-state index in [9.17, 15) is 9.59 Å². The van der Waals surface area contributed by atoms with Crippen LogP contribution in [0.15, 0.2) is 124 Å². The third-order valence-electron chi connectivity index (χ3n) is 9.17. The first-order valence-electron chi connectivity index (χ1n) is 14.1. The molecule has 3 aromatic heterocycles. The summed E-state index contributed by atoms with van der Waals surface area (Å²) in [5, 5.41) is 7.10. The second kappa shape index (κ2) is 7.56. The standard InChI is InChI=1S/C36H20N4O2/c41-35-25-10-6-8-22-19(15-17-24(32(22)25)34-38-28-12-2-4-14-30(28)40(34)35)20-16-18-26-31-21(20)7-5-9-23(31)33-37-27-11-1-3-13-29(27)39(33)36(26)42/h1-18,27,29H. The molecule has 0 saturated heterocycles. The lowest BCUT2D eigenvalue weighted by atomic mass is 9.89. The number of benzene rings is 5. The van der Waals surface area contributed by atoms with Gasteiger partial charge in [-0.05, 0) is 52.2 Å². The van der Waals surface area contributed by atoms with Gasteiger partial charge >= 0.3 is 0 Å². The Morgan fingerprint density at radius 1 is 0.595 bits per heavy atom. The van der Waals surface area contributed by atoms with Crippen molar-refractivity contribution in [2.75, 3.05) is 0 Å². The number of nitrogens with zero attached hydrogens (tertiary/aromatic N) is 4. The number of pyridine rings is 2. The quantitative estimate of drug-likeness (QED) is 0.252. The molecule has 4 heterocycles. The molecule has 0 spiro atoms. The molecule has 2 atom stereocenters. The molecular formula is C36H20N4O2. The highest BCUT2D eigenvalue weighted by atomic mass is 16.1. The summed E-state index contributed by atoms with van der Waals surface area (Å²) in [6, 6.07) is 27.9. The molecule has 1 aliphatic carbocycles. The summed E-state index contributed by atoms with van der Waals surface area (Å²) in [5.74, 6) is 0. The van der Waals surface area contributed by atoms with Crippen LogP contribution in [0.25, 0.3) is 70.9 Å². The highest BCUT2D eigenvalue weighted by molar-refractivity contribution is 6.22. The molecule has 42 heavy (non-hydrogen) atoms. The number of fused-ring (bicyclic) bond motifs is 8. The number of imidazole rings is 1. The van der Waals surface area contributed by atoms with Crippen molar-refractivity contribution in [2.45, 2.75) is 12.1 Å². The highest BCUT2D eigenvalue weighted by Crippen LogP contribution is 2.40. The lowest BCUT2D eigenvalue weighted by molar-refractivity contribution is 0.577. The monoisotopic (exact) mass is 540 g/mol. The Morgan fingerprint density at radius 2 is 1.26 bits per heavy atom. The van der Waals surface area contributed by atoms with Crippen molar-refractivity contribution >= 4 is 59.8 Å². The van der Waals surface area contributed by atoms with E-state index in [2.05, 4.69) is 48.6 Å². The van der Waals surface area contributed by atoms with Crippen molar-refractivity contribution in [2.24, 2.45) is 4.99 Å². The minimum Gasteiger partial charge on any atom is -0.283 e. The normalized spacial score (nSPS) is 17.7. The molecule has 0 saturated carbocycles. The summed E-state index contributed by atoms with van der Waals surface area (Å²) in [4.78, 5) is 37.6. The van der Waals surface area contributed by atoms with Gasteiger partial charge in [0.1, 0.15) is 11.1 Å². The predicted octanol–water partition coefficient (Wildman–Crippen LogP) is 6.11. The molecule has 2 aliphatic rings. The predicted molar refractivity (Wildman–Crippen MR) is 168 cm³/mol. The van der Waals surface area contributed by atoms with Crippen molar-refractivity contribution in [1.82, 2.24) is 14.0 Å². The second-order valence-electron chi connectivity index (χ2n) is 11.2. The molecule has 6 heteroatoms. The van der Waals surface area contributed by atoms with Crippen LogP contribution in [0.5, 0.6) is 0 Å². The molecule has 0 amide bonds. The fourth-order valence-corrected chi connectivity index (χ4v) is 7.39. The van der Waals surface area contributed by atoms with Crippen LogP contribution in [0.3, 0.4) is 0 Å². The molecule has 0 radical (unpaired) electrons. The number of rotatable bonds is 1. The van der Waals surface area contributed by atoms with E-state index >= 15 is 0 Å². The Morgan fingerprint density at radius 3 is 2.10 bits per heavy atom. The van der Waals surface area contributed by atoms with E-state index in [4.69, 9.17) is 9.98 Å². The van der Waals surface area contributed by atoms with Crippen LogP contribution in [0, 0.1) is 0 Å². The van der Waals surface area contributed by atoms with Gasteiger partial charge in [0.15, 0.2) is 0 Å². The number of aromatic nitrogens is 3. The van der Waals surface area contributed by atoms with Crippen LogP contribution in [-0.4, -0.2) is 20.0 Å². The molecule has 5 aromatic carbocycles. The van der Waals surface area contributed by atoms with E-state index in [1.165, 1.54) is 0 Å². The molecule has 2 unspecified atom stereocenters. The Balaban J connectivity index is 1.32. The maximum absolute atomic E-state index is 13.9. The van der Waals surface area contributed by atoms with Gasteiger partial charge in [-0.2, -0.15) is 0 Å². The smallest absolute Gasteiger partial charge is 0.264 e. The third-order valence-corrected chi connectivity index (χ3v) is 9.17. The first kappa shape index (κ1) is 22.1. The average Bonchev–Trinajstić information content (AvgIpc) is 3.62. The van der Waals surface area contributed by atoms with Gasteiger partial charge in [0.05, 0.1) is 23.1 Å². The largest absolute Gasteiger partial charge is 0.283 e. The minimum atomic E-state index is -0.0947. The van der Waals surface area contributed by atoms with Gasteiger partial charge < -0.3 is 0 Å². The van der Waals surface area contributed by atoms with E-state index < -0.39 is 0 Å². The van der Waals surface area contributed by atoms with Gasteiger partial charge in [-0.3, -0.25) is 23.5 Å². The lowest BCUT2D eigenvalue weighted by Gasteiger charge is -2.18. The topological polar surface area (TPSA) is 68.7 Å². The van der Waals surface area contributed by atoms with Crippen molar-refractivity contribution < 1.29 is 0 Å². The summed E-state index contributed by atoms with van der Waals surface area (Å²) in [7, 11) is 0. The van der Waals surface area contributed by atoms with Gasteiger partial charge in [0, 0.05) is 32.3 Å². The van der Waals surface area contributed by atoms with Gasteiger partial charge in [-0.1, -0.05) is 78.9 Å². The van der Waals surface area contributed by atoms with E-state index in [0.29, 0.717) is 16.4 Å². The number of hydrogen-bond acceptors (Lipinski definition) is 4. The zero-order valence-corrected chi connectivity index (χ0v) is 22.2. The maximum Gasteiger partial charge on any atom is 0.264 e. The first-order valence-corrected chi connectivity index (χ1v) is 14.1. The molecule has 8 aromatic rings. The van der Waals surface area contributed by atoms with Crippen molar-refractivity contribution in [3.8, 4) is 11.1 Å². The van der Waals surface area contributed by atoms with E-state index in [-0.39, 0.29) is 23.2 Å². The summed E-state index contributed by atoms with van der Waals surface area (Å²) in [6.07, 6.45) is 8.11. The highest BCUT2D eigenvalue weighted by Gasteiger charge is 2.30. The van der Waals surface area contributed by atoms with E-state index in [1.54, 1.807) is 4.40 Å². The maximum atomic E-state index is 13.9. The first-order chi connectivity index (χ1) is 20.7. The van der Waals surface area contributed by atoms with E-state index in [1.807, 2.05) is 65.3 Å². The fourth-order valence-electron chi connectivity index (χ4n) is 7.39. The summed E-state index contributed by atoms with van der Waals surface area (Å²) < 4.78 is 3.58. The Hall–Kier alpha value is -5.62. The van der Waals surface area contributed by atoms with Crippen LogP contribution in [-0.2, 0) is 0 Å². The zero-order chi connectivity index (χ0) is 27.7. The Labute approximate surface area is 237 Å². The molecule has 0 bridgehead atoms. The number of hydrogen-bond donors (Lipinski definition) is 0. The molecule has 0 fully saturated rings. The molecule has 0 N–H and O–H groups in total. The van der Waals surface area contributed by atoms with Gasteiger partial charge in [0.25, 0.3) is 11.1 Å². The fraction of sp³-hybridized carbons (Fsp3) is 0.0556. The van der Waals surface area contributed by atoms with Crippen molar-refractivity contribution in [1.29, 1.82) is 0 Å². The van der Waals surface area contributed by atoms with Gasteiger partial charge in [-0.15, -0.1) is 0 Å². The van der Waals surface area contributed by atoms with Crippen LogP contribution >= 0.6 is 0 Å². The molecule has 1 aliphatic heterocycles. The van der Waals surface area contributed by atoms with Gasteiger partial charge in [0.2, 0.25) is 0 Å². The van der Waals surface area contributed by atoms with Crippen molar-refractivity contribution in [3.05, 3.63) is 135 Å². The van der Waals surface area contributed by atoms with Gasteiger partial charge in [-0.25, -0.2) is 4.98 Å². The van der Waals surface area contributed by atoms with Crippen molar-refractivity contribution in [3.63, 3.8) is 0 Å². The van der Waals surface area contributed by atoms with Crippen LogP contribution in [0.4, 0.5) is 0 Å². The molecular weight excluding hydrogens is 520 g/mol. The average molecular weight is 541 g/mol. The SMILES string of the molecule is O=c1c2ccc(-c3ccc4c5c3cccc5c(=O)n3c5ccccc5nc43)c3cccc(c4n1C1C=CC=CC1N=4)c32. The molecule has 10 rings (SSSR count). The van der Waals surface area contributed by atoms with Crippen LogP contribution in [0.1, 0.15) is 6.04 Å². The third kappa shape index (κ3) is 2.56. The second-order valence-corrected chi connectivity index (χ2v) is 11.2. The van der Waals surface area contributed by atoms with Crippen LogP contribution < -0.4 is 16.6 Å². The molecule has 6 nitrogen and oxygen atoms in total. The summed E-state index contributed by atoms with van der Waals surface area (Å²) in [5.41, 5.74) is 4.96. The summed E-state index contributed by atoms with van der Waals surface area (Å²) >= 11 is 0. The Bertz CT molecular complexity index is 2750. The molecule has 196 valence electrons. The summed E-state index contributed by atoms with van der Waals surface area (Å²) in [6.45, 7) is 0. The lowest BCUT2D eigenvalue weighted by Crippen LogP contribution is -2.34. The number of allylic oxidation sites excluding steroid dienone is 2. The Kier molecular flexibility index (Phi) is 3.98. The minimum absolute atomic E-state index is 0.0159. The van der Waals surface area contributed by atoms with Crippen LogP contribution in [0.2, 0.25) is 0 Å².